The molecule has 0 aliphatic carbocycles. The van der Waals surface area contributed by atoms with Crippen LogP contribution in [0.4, 0.5) is 4.79 Å². The molecule has 5 heteroatoms. The van der Waals surface area contributed by atoms with Crippen LogP contribution in [0.25, 0.3) is 0 Å². The van der Waals surface area contributed by atoms with Crippen molar-refractivity contribution in [3.05, 3.63) is 0 Å². The van der Waals surface area contributed by atoms with Crippen LogP contribution in [0, 0.1) is 0 Å². The number of nitrogens with two attached hydrogens (primary N) is 1. The number of ether oxygens (including phenoxy) is 1. The topological polar surface area (TPSA) is 84.6 Å². The Labute approximate surface area is 59.2 Å². The number of amides is 1. The van der Waals surface area contributed by atoms with Gasteiger partial charge in [-0.15, -0.1) is 0 Å². The van der Waals surface area contributed by atoms with Crippen molar-refractivity contribution in [2.24, 2.45) is 5.73 Å². The largest absolute Gasteiger partial charge is 0.453 e. The average Bonchev–Trinajstić information content (AvgIpc) is 1.99. The summed E-state index contributed by atoms with van der Waals surface area (Å²) in [4.78, 5) is 10.3. The number of alkyl carbamates (subject to hydrolysis) is 1. The second-order valence-corrected chi connectivity index (χ2v) is 1.76. The van der Waals surface area contributed by atoms with E-state index >= 15 is 0 Å². The van der Waals surface area contributed by atoms with Gasteiger partial charge in [0.25, 0.3) is 0 Å². The number of methoxy groups -OCH3 is 1. The van der Waals surface area contributed by atoms with Crippen molar-refractivity contribution in [2.45, 2.75) is 6.10 Å². The molecule has 0 aliphatic rings. The lowest BCUT2D eigenvalue weighted by Crippen LogP contribution is -2.35. The van der Waals surface area contributed by atoms with Gasteiger partial charge in [-0.05, 0) is 0 Å². The summed E-state index contributed by atoms with van der Waals surface area (Å²) < 4.78 is 4.24. The minimum Gasteiger partial charge on any atom is -0.453 e. The average molecular weight is 148 g/mol. The van der Waals surface area contributed by atoms with Crippen LogP contribution in [0.5, 0.6) is 0 Å². The Morgan fingerprint density at radius 2 is 2.50 bits per heavy atom. The van der Waals surface area contributed by atoms with Crippen molar-refractivity contribution in [1.82, 2.24) is 5.32 Å². The summed E-state index contributed by atoms with van der Waals surface area (Å²) >= 11 is 0. The first kappa shape index (κ1) is 9.19. The molecular formula is C5H12N2O3. The molecule has 5 nitrogen and oxygen atoms in total. The zero-order chi connectivity index (χ0) is 7.98. The van der Waals surface area contributed by atoms with Crippen molar-refractivity contribution in [1.29, 1.82) is 0 Å². The van der Waals surface area contributed by atoms with E-state index in [0.717, 1.165) is 0 Å². The van der Waals surface area contributed by atoms with Gasteiger partial charge in [0.15, 0.2) is 0 Å². The van der Waals surface area contributed by atoms with Gasteiger partial charge in [-0.1, -0.05) is 0 Å². The number of aliphatic hydroxyl groups is 1. The van der Waals surface area contributed by atoms with Crippen molar-refractivity contribution in [3.8, 4) is 0 Å². The van der Waals surface area contributed by atoms with Gasteiger partial charge < -0.3 is 20.9 Å². The van der Waals surface area contributed by atoms with Gasteiger partial charge in [-0.2, -0.15) is 0 Å². The van der Waals surface area contributed by atoms with Crippen molar-refractivity contribution >= 4 is 6.09 Å². The van der Waals surface area contributed by atoms with E-state index < -0.39 is 12.2 Å². The Kier molecular flexibility index (Phi) is 4.61. The number of carbonyl (C=O) groups excluding carboxylic acids is 1. The summed E-state index contributed by atoms with van der Waals surface area (Å²) in [6, 6.07) is 0. The normalized spacial score (nSPS) is 12.3. The van der Waals surface area contributed by atoms with E-state index in [2.05, 4.69) is 10.1 Å². The molecule has 0 radical (unpaired) electrons. The molecule has 1 amide bonds. The molecular weight excluding hydrogens is 136 g/mol. The first-order valence-corrected chi connectivity index (χ1v) is 2.90. The molecule has 10 heavy (non-hydrogen) atoms. The van der Waals surface area contributed by atoms with E-state index in [9.17, 15) is 4.79 Å². The van der Waals surface area contributed by atoms with E-state index in [-0.39, 0.29) is 13.1 Å². The molecule has 1 unspecified atom stereocenters. The summed E-state index contributed by atoms with van der Waals surface area (Å²) in [6.45, 7) is 0.257. The summed E-state index contributed by atoms with van der Waals surface area (Å²) in [5.41, 5.74) is 5.06. The third-order valence-corrected chi connectivity index (χ3v) is 0.939. The zero-order valence-corrected chi connectivity index (χ0v) is 5.83. The Bertz CT molecular complexity index is 107. The van der Waals surface area contributed by atoms with Crippen LogP contribution in [0.15, 0.2) is 0 Å². The molecule has 0 heterocycles. The Morgan fingerprint density at radius 3 is 2.90 bits per heavy atom. The molecule has 0 saturated carbocycles. The second-order valence-electron chi connectivity index (χ2n) is 1.76. The van der Waals surface area contributed by atoms with Crippen molar-refractivity contribution in [3.63, 3.8) is 0 Å². The lowest BCUT2D eigenvalue weighted by Gasteiger charge is -2.07. The second kappa shape index (κ2) is 5.01. The molecule has 0 fully saturated rings. The molecule has 0 aromatic carbocycles. The van der Waals surface area contributed by atoms with Crippen molar-refractivity contribution in [2.75, 3.05) is 20.2 Å². The number of hydrogen-bond donors (Lipinski definition) is 3. The fraction of sp³-hybridized carbons (Fsp3) is 0.800. The first-order chi connectivity index (χ1) is 4.70. The maximum atomic E-state index is 10.3. The van der Waals surface area contributed by atoms with Gasteiger partial charge in [0.2, 0.25) is 0 Å². The Hall–Kier alpha value is -0.810. The molecule has 4 N–H and O–H groups in total. The number of carbonyl (C=O) groups is 1. The Balaban J connectivity index is 3.26. The molecule has 0 saturated heterocycles. The van der Waals surface area contributed by atoms with E-state index in [4.69, 9.17) is 10.8 Å². The van der Waals surface area contributed by atoms with E-state index in [1.54, 1.807) is 0 Å². The molecule has 0 aromatic rings. The first-order valence-electron chi connectivity index (χ1n) is 2.90. The maximum absolute atomic E-state index is 10.3. The third kappa shape index (κ3) is 4.11. The van der Waals surface area contributed by atoms with Crippen molar-refractivity contribution < 1.29 is 14.6 Å². The summed E-state index contributed by atoms with van der Waals surface area (Å²) in [7, 11) is 1.25. The zero-order valence-electron chi connectivity index (χ0n) is 5.83. The molecule has 0 aliphatic heterocycles. The SMILES string of the molecule is COC(=O)NCC(O)CN. The summed E-state index contributed by atoms with van der Waals surface area (Å²) in [5.74, 6) is 0. The standard InChI is InChI=1S/C5H12N2O3/c1-10-5(9)7-3-4(8)2-6/h4,8H,2-3,6H2,1H3,(H,7,9). The van der Waals surface area contributed by atoms with Gasteiger partial charge in [-0.3, -0.25) is 0 Å². The van der Waals surface area contributed by atoms with Crippen LogP contribution >= 0.6 is 0 Å². The van der Waals surface area contributed by atoms with Crippen LogP contribution in [-0.4, -0.2) is 37.5 Å². The highest BCUT2D eigenvalue weighted by Crippen LogP contribution is 1.76. The molecule has 0 rings (SSSR count). The maximum Gasteiger partial charge on any atom is 0.406 e. The monoisotopic (exact) mass is 148 g/mol. The lowest BCUT2D eigenvalue weighted by molar-refractivity contribution is 0.150. The Morgan fingerprint density at radius 1 is 1.90 bits per heavy atom. The fourth-order valence-electron chi connectivity index (χ4n) is 0.357. The number of aliphatic hydroxyl groups excluding tert-OH is 1. The summed E-state index contributed by atoms with van der Waals surface area (Å²) in [5, 5.41) is 11.1. The highest BCUT2D eigenvalue weighted by molar-refractivity contribution is 5.66. The van der Waals surface area contributed by atoms with E-state index in [1.165, 1.54) is 7.11 Å². The number of hydrogen-bond acceptors (Lipinski definition) is 4. The van der Waals surface area contributed by atoms with Gasteiger partial charge >= 0.3 is 6.09 Å². The molecule has 60 valence electrons. The third-order valence-electron chi connectivity index (χ3n) is 0.939. The predicted octanol–water partition coefficient (Wildman–Crippen LogP) is -1.34. The van der Waals surface area contributed by atoms with Crippen LogP contribution in [-0.2, 0) is 4.74 Å². The minimum atomic E-state index is -0.695. The number of rotatable bonds is 3. The lowest BCUT2D eigenvalue weighted by atomic mass is 10.4. The summed E-state index contributed by atoms with van der Waals surface area (Å²) in [6.07, 6.45) is -1.26. The smallest absolute Gasteiger partial charge is 0.406 e. The van der Waals surface area contributed by atoms with Crippen LogP contribution in [0.3, 0.4) is 0 Å². The number of nitrogens with one attached hydrogen (secondary N) is 1. The van der Waals surface area contributed by atoms with E-state index in [0.29, 0.717) is 0 Å². The van der Waals surface area contributed by atoms with Gasteiger partial charge in [0.05, 0.1) is 13.2 Å². The van der Waals surface area contributed by atoms with Gasteiger partial charge in [0, 0.05) is 13.1 Å². The predicted molar refractivity (Wildman–Crippen MR) is 35.5 cm³/mol. The van der Waals surface area contributed by atoms with Crippen LogP contribution in [0.1, 0.15) is 0 Å². The van der Waals surface area contributed by atoms with Crippen LogP contribution in [0.2, 0.25) is 0 Å². The minimum absolute atomic E-state index is 0.128. The molecule has 1 atom stereocenters. The fourth-order valence-corrected chi connectivity index (χ4v) is 0.357. The molecule has 0 spiro atoms. The van der Waals surface area contributed by atoms with E-state index in [1.807, 2.05) is 0 Å². The highest BCUT2D eigenvalue weighted by Gasteiger charge is 2.02. The molecule has 0 bridgehead atoms. The molecule has 0 aromatic heterocycles. The van der Waals surface area contributed by atoms with Crippen LogP contribution < -0.4 is 11.1 Å². The van der Waals surface area contributed by atoms with Gasteiger partial charge in [-0.25, -0.2) is 4.79 Å². The highest BCUT2D eigenvalue weighted by atomic mass is 16.5. The van der Waals surface area contributed by atoms with Gasteiger partial charge in [0.1, 0.15) is 0 Å². The quantitative estimate of drug-likeness (QED) is 0.462.